The molecule has 1 heterocycles. The number of pyridine rings is 1. The van der Waals surface area contributed by atoms with Gasteiger partial charge < -0.3 is 14.5 Å². The van der Waals surface area contributed by atoms with E-state index in [1.807, 2.05) is 26.0 Å². The zero-order valence-corrected chi connectivity index (χ0v) is 23.2. The van der Waals surface area contributed by atoms with Crippen molar-refractivity contribution in [3.8, 4) is 0 Å². The fourth-order valence-corrected chi connectivity index (χ4v) is 4.29. The van der Waals surface area contributed by atoms with Crippen molar-refractivity contribution >= 4 is 23.5 Å². The first kappa shape index (κ1) is 28.4. The van der Waals surface area contributed by atoms with Gasteiger partial charge >= 0.3 is 6.09 Å². The average Bonchev–Trinajstić information content (AvgIpc) is 3.66. The van der Waals surface area contributed by atoms with E-state index in [0.717, 1.165) is 17.9 Å². The van der Waals surface area contributed by atoms with Crippen LogP contribution in [0.2, 0.25) is 0 Å². The summed E-state index contributed by atoms with van der Waals surface area (Å²) < 4.78 is 19.3. The number of ether oxygens (including phenoxy) is 1. The minimum atomic E-state index is -0.752. The molecular weight excluding hydrogens is 471 g/mol. The van der Waals surface area contributed by atoms with Crippen LogP contribution in [0.15, 0.2) is 42.6 Å². The van der Waals surface area contributed by atoms with Gasteiger partial charge in [0.1, 0.15) is 23.3 Å². The van der Waals surface area contributed by atoms with Gasteiger partial charge in [0, 0.05) is 31.5 Å². The lowest BCUT2D eigenvalue weighted by molar-refractivity contribution is -0.124. The molecular formula is C29H41FN4O3. The van der Waals surface area contributed by atoms with E-state index < -0.39 is 17.7 Å². The Morgan fingerprint density at radius 2 is 1.76 bits per heavy atom. The van der Waals surface area contributed by atoms with E-state index in [0.29, 0.717) is 18.2 Å². The standard InChI is InChI=1S/C29H41FN4O3/c1-8-33(23-14-15-23)26-16-9-21(18-31-26)19-34(24-12-10-22(30)11-13-24)27(35)25(17-20(2)3)32(7)28(36)37-29(4,5)6/h9-13,16,18,20,23,25H,8,14-15,17,19H2,1-7H3. The van der Waals surface area contributed by atoms with Gasteiger partial charge in [-0.05, 0) is 88.8 Å². The third-order valence-corrected chi connectivity index (χ3v) is 6.31. The molecule has 1 unspecified atom stereocenters. The summed E-state index contributed by atoms with van der Waals surface area (Å²) in [5.41, 5.74) is 0.708. The SMILES string of the molecule is CCN(c1ccc(CN(C(=O)C(CC(C)C)N(C)C(=O)OC(C)(C)C)c2ccc(F)cc2)cn1)C1CC1. The van der Waals surface area contributed by atoms with Crippen LogP contribution in [0, 0.1) is 11.7 Å². The molecule has 1 fully saturated rings. The van der Waals surface area contributed by atoms with Crippen LogP contribution >= 0.6 is 0 Å². The number of anilines is 2. The zero-order valence-electron chi connectivity index (χ0n) is 23.2. The molecule has 0 spiro atoms. The fourth-order valence-electron chi connectivity index (χ4n) is 4.29. The maximum Gasteiger partial charge on any atom is 0.410 e. The summed E-state index contributed by atoms with van der Waals surface area (Å²) >= 11 is 0. The number of benzene rings is 1. The molecule has 1 saturated carbocycles. The van der Waals surface area contributed by atoms with Crippen molar-refractivity contribution < 1.29 is 18.7 Å². The van der Waals surface area contributed by atoms with Crippen molar-refractivity contribution in [3.63, 3.8) is 0 Å². The van der Waals surface area contributed by atoms with Crippen LogP contribution in [0.5, 0.6) is 0 Å². The number of aromatic nitrogens is 1. The van der Waals surface area contributed by atoms with Crippen molar-refractivity contribution in [1.82, 2.24) is 9.88 Å². The molecule has 7 nitrogen and oxygen atoms in total. The summed E-state index contributed by atoms with van der Waals surface area (Å²) in [6, 6.07) is 9.61. The highest BCUT2D eigenvalue weighted by Gasteiger charge is 2.34. The molecule has 0 radical (unpaired) electrons. The summed E-state index contributed by atoms with van der Waals surface area (Å²) in [4.78, 5) is 36.9. The van der Waals surface area contributed by atoms with E-state index >= 15 is 0 Å². The molecule has 37 heavy (non-hydrogen) atoms. The highest BCUT2D eigenvalue weighted by molar-refractivity contribution is 5.98. The molecule has 0 bridgehead atoms. The van der Waals surface area contributed by atoms with Gasteiger partial charge in [-0.1, -0.05) is 19.9 Å². The van der Waals surface area contributed by atoms with Gasteiger partial charge in [0.2, 0.25) is 5.91 Å². The number of halogens is 1. The Morgan fingerprint density at radius 1 is 1.11 bits per heavy atom. The summed E-state index contributed by atoms with van der Waals surface area (Å²) in [6.45, 7) is 12.7. The fraction of sp³-hybridized carbons (Fsp3) is 0.552. The first-order valence-corrected chi connectivity index (χ1v) is 13.1. The molecule has 1 aromatic carbocycles. The van der Waals surface area contributed by atoms with Gasteiger partial charge in [-0.3, -0.25) is 9.69 Å². The van der Waals surface area contributed by atoms with E-state index in [1.54, 1.807) is 51.0 Å². The van der Waals surface area contributed by atoms with Crippen LogP contribution in [0.3, 0.4) is 0 Å². The molecule has 8 heteroatoms. The van der Waals surface area contributed by atoms with E-state index in [2.05, 4.69) is 16.8 Å². The van der Waals surface area contributed by atoms with E-state index in [9.17, 15) is 14.0 Å². The Kier molecular flexibility index (Phi) is 9.16. The smallest absolute Gasteiger partial charge is 0.410 e. The van der Waals surface area contributed by atoms with Gasteiger partial charge in [-0.25, -0.2) is 14.2 Å². The number of rotatable bonds is 10. The Morgan fingerprint density at radius 3 is 2.24 bits per heavy atom. The van der Waals surface area contributed by atoms with Gasteiger partial charge in [0.25, 0.3) is 0 Å². The molecule has 2 amide bonds. The molecule has 1 aromatic heterocycles. The molecule has 1 aliphatic carbocycles. The van der Waals surface area contributed by atoms with E-state index in [-0.39, 0.29) is 24.2 Å². The van der Waals surface area contributed by atoms with Crippen LogP contribution in [-0.4, -0.2) is 53.2 Å². The maximum absolute atomic E-state index is 14.1. The van der Waals surface area contributed by atoms with Crippen LogP contribution in [0.1, 0.15) is 66.4 Å². The zero-order chi connectivity index (χ0) is 27.3. The molecule has 1 aliphatic rings. The number of hydrogen-bond donors (Lipinski definition) is 0. The van der Waals surface area contributed by atoms with Crippen LogP contribution in [0.25, 0.3) is 0 Å². The Labute approximate surface area is 220 Å². The Balaban J connectivity index is 1.91. The average molecular weight is 513 g/mol. The second-order valence-corrected chi connectivity index (χ2v) is 11.2. The maximum atomic E-state index is 14.1. The molecule has 202 valence electrons. The number of carbonyl (C=O) groups excluding carboxylic acids is 2. The number of amides is 2. The number of carbonyl (C=O) groups is 2. The number of nitrogens with zero attached hydrogens (tertiary/aromatic N) is 4. The normalized spacial score (nSPS) is 14.3. The quantitative estimate of drug-likeness (QED) is 0.389. The first-order valence-electron chi connectivity index (χ1n) is 13.1. The van der Waals surface area contributed by atoms with Crippen molar-refractivity contribution in [1.29, 1.82) is 0 Å². The van der Waals surface area contributed by atoms with Gasteiger partial charge in [0.05, 0.1) is 6.54 Å². The lowest BCUT2D eigenvalue weighted by atomic mass is 10.0. The van der Waals surface area contributed by atoms with Crippen LogP contribution < -0.4 is 9.80 Å². The monoisotopic (exact) mass is 512 g/mol. The molecule has 0 aliphatic heterocycles. The lowest BCUT2D eigenvalue weighted by Gasteiger charge is -2.34. The van der Waals surface area contributed by atoms with Gasteiger partial charge in [-0.2, -0.15) is 0 Å². The minimum Gasteiger partial charge on any atom is -0.444 e. The van der Waals surface area contributed by atoms with E-state index in [1.165, 1.54) is 29.9 Å². The largest absolute Gasteiger partial charge is 0.444 e. The predicted octanol–water partition coefficient (Wildman–Crippen LogP) is 6.02. The first-order chi connectivity index (χ1) is 17.4. The summed E-state index contributed by atoms with van der Waals surface area (Å²) in [7, 11) is 1.59. The van der Waals surface area contributed by atoms with Crippen molar-refractivity contribution in [2.24, 2.45) is 5.92 Å². The van der Waals surface area contributed by atoms with Crippen molar-refractivity contribution in [2.45, 2.75) is 85.0 Å². The van der Waals surface area contributed by atoms with Crippen molar-refractivity contribution in [2.75, 3.05) is 23.4 Å². The second-order valence-electron chi connectivity index (χ2n) is 11.2. The predicted molar refractivity (Wildman–Crippen MR) is 145 cm³/mol. The van der Waals surface area contributed by atoms with Gasteiger partial charge in [-0.15, -0.1) is 0 Å². The van der Waals surface area contributed by atoms with Crippen LogP contribution in [0.4, 0.5) is 20.7 Å². The molecule has 1 atom stereocenters. The molecule has 2 aromatic rings. The number of hydrogen-bond acceptors (Lipinski definition) is 5. The highest BCUT2D eigenvalue weighted by Crippen LogP contribution is 2.30. The third kappa shape index (κ3) is 7.91. The Hall–Kier alpha value is -3.16. The third-order valence-electron chi connectivity index (χ3n) is 6.31. The van der Waals surface area contributed by atoms with Crippen molar-refractivity contribution in [3.05, 3.63) is 54.0 Å². The number of likely N-dealkylation sites (N-methyl/N-ethyl adjacent to an activating group) is 1. The molecule has 3 rings (SSSR count). The summed E-state index contributed by atoms with van der Waals surface area (Å²) in [6.07, 6.45) is 4.06. The van der Waals surface area contributed by atoms with Crippen LogP contribution in [-0.2, 0) is 16.1 Å². The van der Waals surface area contributed by atoms with Gasteiger partial charge in [0.15, 0.2) is 0 Å². The molecule has 0 N–H and O–H groups in total. The second kappa shape index (κ2) is 11.9. The summed E-state index contributed by atoms with van der Waals surface area (Å²) in [5.74, 6) is 0.436. The lowest BCUT2D eigenvalue weighted by Crippen LogP contribution is -2.51. The molecule has 0 saturated heterocycles. The minimum absolute atomic E-state index is 0.150. The Bertz CT molecular complexity index is 1050. The topological polar surface area (TPSA) is 66.0 Å². The summed E-state index contributed by atoms with van der Waals surface area (Å²) in [5, 5.41) is 0. The highest BCUT2D eigenvalue weighted by atomic mass is 19.1. The van der Waals surface area contributed by atoms with E-state index in [4.69, 9.17) is 4.74 Å².